The summed E-state index contributed by atoms with van der Waals surface area (Å²) in [6.45, 7) is 11.0. The van der Waals surface area contributed by atoms with E-state index in [1.54, 1.807) is 11.3 Å². The van der Waals surface area contributed by atoms with Crippen LogP contribution in [0.4, 0.5) is 0 Å². The topological polar surface area (TPSA) is 36.4 Å². The Bertz CT molecular complexity index is 700. The minimum atomic E-state index is 0.230. The van der Waals surface area contributed by atoms with Gasteiger partial charge in [0.05, 0.1) is 12.1 Å². The van der Waals surface area contributed by atoms with E-state index in [4.69, 9.17) is 0 Å². The van der Waals surface area contributed by atoms with Crippen molar-refractivity contribution in [1.82, 2.24) is 14.8 Å². The molecule has 0 saturated carbocycles. The largest absolute Gasteiger partial charge is 0.340 e. The highest BCUT2D eigenvalue weighted by Crippen LogP contribution is 2.28. The standard InChI is InChI=1S/C19H25N3OS/c1-4-21-9-11-22(12-10-21)18(23)13-17-15(3)20-19(24-17)16-7-5-14(2)6-8-16/h5-8H,4,9-13H2,1-3H3. The molecule has 1 aliphatic heterocycles. The fourth-order valence-corrected chi connectivity index (χ4v) is 4.03. The molecule has 0 atom stereocenters. The summed E-state index contributed by atoms with van der Waals surface area (Å²) in [5.41, 5.74) is 3.36. The Labute approximate surface area is 148 Å². The van der Waals surface area contributed by atoms with Gasteiger partial charge in [0.2, 0.25) is 5.91 Å². The van der Waals surface area contributed by atoms with Gasteiger partial charge in [-0.1, -0.05) is 36.8 Å². The van der Waals surface area contributed by atoms with E-state index >= 15 is 0 Å². The van der Waals surface area contributed by atoms with E-state index in [9.17, 15) is 4.79 Å². The number of carbonyl (C=O) groups is 1. The molecule has 128 valence electrons. The maximum absolute atomic E-state index is 12.6. The van der Waals surface area contributed by atoms with Crippen molar-refractivity contribution in [3.63, 3.8) is 0 Å². The summed E-state index contributed by atoms with van der Waals surface area (Å²) in [6, 6.07) is 8.40. The Kier molecular flexibility index (Phi) is 5.31. The number of nitrogens with zero attached hydrogens (tertiary/aromatic N) is 3. The van der Waals surface area contributed by atoms with Gasteiger partial charge < -0.3 is 9.80 Å². The van der Waals surface area contributed by atoms with E-state index in [-0.39, 0.29) is 5.91 Å². The molecule has 0 radical (unpaired) electrons. The predicted molar refractivity (Wildman–Crippen MR) is 99.4 cm³/mol. The maximum atomic E-state index is 12.6. The van der Waals surface area contributed by atoms with E-state index < -0.39 is 0 Å². The maximum Gasteiger partial charge on any atom is 0.227 e. The van der Waals surface area contributed by atoms with Gasteiger partial charge in [0.25, 0.3) is 0 Å². The number of aromatic nitrogens is 1. The third-order valence-corrected chi connectivity index (χ3v) is 5.88. The molecule has 2 aromatic rings. The predicted octanol–water partition coefficient (Wildman–Crippen LogP) is 3.13. The van der Waals surface area contributed by atoms with E-state index in [1.807, 2.05) is 11.8 Å². The number of thiazole rings is 1. The van der Waals surface area contributed by atoms with Gasteiger partial charge in [-0.2, -0.15) is 0 Å². The van der Waals surface area contributed by atoms with Crippen LogP contribution in [0.1, 0.15) is 23.1 Å². The molecule has 0 spiro atoms. The van der Waals surface area contributed by atoms with Crippen molar-refractivity contribution in [2.75, 3.05) is 32.7 Å². The average molecular weight is 343 g/mol. The fraction of sp³-hybridized carbons (Fsp3) is 0.474. The number of benzene rings is 1. The number of rotatable bonds is 4. The SMILES string of the molecule is CCN1CCN(C(=O)Cc2sc(-c3ccc(C)cc3)nc2C)CC1. The average Bonchev–Trinajstić information content (AvgIpc) is 2.96. The van der Waals surface area contributed by atoms with Crippen LogP contribution in [0, 0.1) is 13.8 Å². The number of piperazine rings is 1. The minimum absolute atomic E-state index is 0.230. The van der Waals surface area contributed by atoms with Crippen LogP contribution in [-0.2, 0) is 11.2 Å². The molecule has 1 amide bonds. The van der Waals surface area contributed by atoms with Crippen molar-refractivity contribution in [2.45, 2.75) is 27.2 Å². The Morgan fingerprint density at radius 2 is 1.79 bits per heavy atom. The van der Waals surface area contributed by atoms with Gasteiger partial charge in [0.15, 0.2) is 0 Å². The van der Waals surface area contributed by atoms with Crippen molar-refractivity contribution in [3.8, 4) is 10.6 Å². The van der Waals surface area contributed by atoms with E-state index in [0.29, 0.717) is 6.42 Å². The summed E-state index contributed by atoms with van der Waals surface area (Å²) >= 11 is 1.65. The van der Waals surface area contributed by atoms with Crippen LogP contribution >= 0.6 is 11.3 Å². The molecule has 1 aliphatic rings. The normalized spacial score (nSPS) is 15.7. The van der Waals surface area contributed by atoms with E-state index in [1.165, 1.54) is 5.56 Å². The number of amides is 1. The quantitative estimate of drug-likeness (QED) is 0.856. The molecular formula is C19H25N3OS. The molecule has 5 heteroatoms. The van der Waals surface area contributed by atoms with Crippen LogP contribution in [0.2, 0.25) is 0 Å². The van der Waals surface area contributed by atoms with Crippen LogP contribution in [0.25, 0.3) is 10.6 Å². The summed E-state index contributed by atoms with van der Waals surface area (Å²) in [4.78, 5) is 22.7. The lowest BCUT2D eigenvalue weighted by Crippen LogP contribution is -2.48. The number of hydrogen-bond acceptors (Lipinski definition) is 4. The van der Waals surface area contributed by atoms with Crippen molar-refractivity contribution in [3.05, 3.63) is 40.4 Å². The zero-order valence-electron chi connectivity index (χ0n) is 14.7. The number of likely N-dealkylation sites (N-methyl/N-ethyl adjacent to an activating group) is 1. The molecule has 0 bridgehead atoms. The molecule has 3 rings (SSSR count). The second-order valence-electron chi connectivity index (χ2n) is 6.39. The Morgan fingerprint density at radius 3 is 2.42 bits per heavy atom. The lowest BCUT2D eigenvalue weighted by Gasteiger charge is -2.34. The minimum Gasteiger partial charge on any atom is -0.340 e. The monoisotopic (exact) mass is 343 g/mol. The highest BCUT2D eigenvalue weighted by molar-refractivity contribution is 7.15. The van der Waals surface area contributed by atoms with Gasteiger partial charge in [-0.15, -0.1) is 11.3 Å². The number of carbonyl (C=O) groups excluding carboxylic acids is 1. The van der Waals surface area contributed by atoms with Crippen LogP contribution in [-0.4, -0.2) is 53.4 Å². The Morgan fingerprint density at radius 1 is 1.12 bits per heavy atom. The molecule has 24 heavy (non-hydrogen) atoms. The van der Waals surface area contributed by atoms with Gasteiger partial charge in [-0.3, -0.25) is 4.79 Å². The van der Waals surface area contributed by atoms with Gasteiger partial charge >= 0.3 is 0 Å². The van der Waals surface area contributed by atoms with Crippen molar-refractivity contribution < 1.29 is 4.79 Å². The van der Waals surface area contributed by atoms with Crippen molar-refractivity contribution >= 4 is 17.2 Å². The summed E-state index contributed by atoms with van der Waals surface area (Å²) < 4.78 is 0. The summed E-state index contributed by atoms with van der Waals surface area (Å²) in [5.74, 6) is 0.230. The van der Waals surface area contributed by atoms with Gasteiger partial charge in [-0.05, 0) is 20.4 Å². The number of aryl methyl sites for hydroxylation is 2. The van der Waals surface area contributed by atoms with Crippen LogP contribution in [0.3, 0.4) is 0 Å². The van der Waals surface area contributed by atoms with Crippen LogP contribution in [0.5, 0.6) is 0 Å². The molecule has 0 N–H and O–H groups in total. The Balaban J connectivity index is 1.67. The van der Waals surface area contributed by atoms with Crippen molar-refractivity contribution in [1.29, 1.82) is 0 Å². The molecule has 2 heterocycles. The molecule has 1 saturated heterocycles. The van der Waals surface area contributed by atoms with Gasteiger partial charge in [-0.25, -0.2) is 4.98 Å². The summed E-state index contributed by atoms with van der Waals surface area (Å²) in [6.07, 6.45) is 0.474. The first-order chi connectivity index (χ1) is 11.6. The second-order valence-corrected chi connectivity index (χ2v) is 7.47. The highest BCUT2D eigenvalue weighted by Gasteiger charge is 2.22. The van der Waals surface area contributed by atoms with Gasteiger partial charge in [0, 0.05) is 36.6 Å². The lowest BCUT2D eigenvalue weighted by molar-refractivity contribution is -0.132. The van der Waals surface area contributed by atoms with Crippen LogP contribution in [0.15, 0.2) is 24.3 Å². The third kappa shape index (κ3) is 3.84. The molecular weight excluding hydrogens is 318 g/mol. The summed E-state index contributed by atoms with van der Waals surface area (Å²) in [7, 11) is 0. The second kappa shape index (κ2) is 7.45. The van der Waals surface area contributed by atoms with E-state index in [0.717, 1.165) is 53.9 Å². The van der Waals surface area contributed by atoms with Gasteiger partial charge in [0.1, 0.15) is 5.01 Å². The van der Waals surface area contributed by atoms with E-state index in [2.05, 4.69) is 48.0 Å². The van der Waals surface area contributed by atoms with Crippen molar-refractivity contribution in [2.24, 2.45) is 0 Å². The molecule has 0 unspecified atom stereocenters. The first kappa shape index (κ1) is 17.1. The first-order valence-electron chi connectivity index (χ1n) is 8.60. The highest BCUT2D eigenvalue weighted by atomic mass is 32.1. The smallest absolute Gasteiger partial charge is 0.227 e. The lowest BCUT2D eigenvalue weighted by atomic mass is 10.2. The molecule has 1 aromatic heterocycles. The Hall–Kier alpha value is -1.72. The molecule has 1 fully saturated rings. The number of hydrogen-bond donors (Lipinski definition) is 0. The molecule has 1 aromatic carbocycles. The third-order valence-electron chi connectivity index (χ3n) is 4.68. The zero-order chi connectivity index (χ0) is 17.1. The molecule has 4 nitrogen and oxygen atoms in total. The first-order valence-corrected chi connectivity index (χ1v) is 9.42. The molecule has 0 aliphatic carbocycles. The fourth-order valence-electron chi connectivity index (χ4n) is 2.97. The zero-order valence-corrected chi connectivity index (χ0v) is 15.5. The van der Waals surface area contributed by atoms with Crippen LogP contribution < -0.4 is 0 Å². The summed E-state index contributed by atoms with van der Waals surface area (Å²) in [5, 5.41) is 1.01.